The molecule has 0 bridgehead atoms. The molecule has 7 nitrogen and oxygen atoms in total. The fourth-order valence-electron chi connectivity index (χ4n) is 2.82. The van der Waals surface area contributed by atoms with Crippen molar-refractivity contribution in [2.24, 2.45) is 5.73 Å². The van der Waals surface area contributed by atoms with Crippen LogP contribution in [0.15, 0.2) is 28.5 Å². The van der Waals surface area contributed by atoms with Crippen LogP contribution in [-0.2, 0) is 13.0 Å². The van der Waals surface area contributed by atoms with Gasteiger partial charge in [-0.2, -0.15) is 0 Å². The van der Waals surface area contributed by atoms with Crippen LogP contribution >= 0.6 is 34.4 Å². The predicted octanol–water partition coefficient (Wildman–Crippen LogP) is 2.45. The van der Waals surface area contributed by atoms with Crippen LogP contribution in [0, 0.1) is 3.57 Å². The van der Waals surface area contributed by atoms with Crippen molar-refractivity contribution in [1.82, 2.24) is 19.5 Å². The topological polar surface area (TPSA) is 105 Å². The van der Waals surface area contributed by atoms with Gasteiger partial charge in [0.05, 0.1) is 6.61 Å². The van der Waals surface area contributed by atoms with Gasteiger partial charge in [-0.15, -0.1) is 0 Å². The maximum Gasteiger partial charge on any atom is 0.175 e. The van der Waals surface area contributed by atoms with Gasteiger partial charge in [0.2, 0.25) is 0 Å². The van der Waals surface area contributed by atoms with E-state index in [-0.39, 0.29) is 0 Å². The minimum absolute atomic E-state index is 0.399. The molecule has 1 aliphatic rings. The Bertz CT molecular complexity index is 944. The third kappa shape index (κ3) is 3.15. The molecule has 1 aromatic carbocycles. The van der Waals surface area contributed by atoms with Crippen molar-refractivity contribution in [1.29, 1.82) is 0 Å². The average Bonchev–Trinajstić information content (AvgIpc) is 3.18. The first-order chi connectivity index (χ1) is 12.2. The van der Waals surface area contributed by atoms with Gasteiger partial charge in [-0.25, -0.2) is 15.0 Å². The highest BCUT2D eigenvalue weighted by molar-refractivity contribution is 14.1. The Labute approximate surface area is 162 Å². The standard InChI is InChI=1S/C16H17IN6OS/c17-10-7-11-9(2-5-24-11)6-12(10)25-16-22-13-14(19)20-8-21-15(13)23(16)4-1-3-18/h6-8H,1-5,18H2,(H2,19,20,21). The fraction of sp³-hybridized carbons (Fsp3) is 0.312. The minimum Gasteiger partial charge on any atom is -0.493 e. The van der Waals surface area contributed by atoms with Gasteiger partial charge in [0, 0.05) is 21.4 Å². The molecule has 4 N–H and O–H groups in total. The Hall–Kier alpha value is -1.59. The molecular weight excluding hydrogens is 451 g/mol. The molecule has 130 valence electrons. The molecule has 25 heavy (non-hydrogen) atoms. The number of aryl methyl sites for hydroxylation is 1. The summed E-state index contributed by atoms with van der Waals surface area (Å²) in [5.74, 6) is 1.39. The van der Waals surface area contributed by atoms with Crippen molar-refractivity contribution >= 4 is 51.3 Å². The normalized spacial score (nSPS) is 13.2. The van der Waals surface area contributed by atoms with E-state index in [9.17, 15) is 0 Å². The van der Waals surface area contributed by atoms with Gasteiger partial charge in [-0.05, 0) is 53.3 Å². The van der Waals surface area contributed by atoms with E-state index in [1.54, 1.807) is 11.8 Å². The molecule has 0 spiro atoms. The largest absolute Gasteiger partial charge is 0.493 e. The Morgan fingerprint density at radius 1 is 1.32 bits per heavy atom. The lowest BCUT2D eigenvalue weighted by molar-refractivity contribution is 0.356. The number of benzene rings is 1. The molecule has 0 atom stereocenters. The lowest BCUT2D eigenvalue weighted by Crippen LogP contribution is -2.07. The Morgan fingerprint density at radius 3 is 3.04 bits per heavy atom. The zero-order valence-corrected chi connectivity index (χ0v) is 16.4. The number of fused-ring (bicyclic) bond motifs is 2. The van der Waals surface area contributed by atoms with E-state index in [4.69, 9.17) is 21.2 Å². The quantitative estimate of drug-likeness (QED) is 0.555. The van der Waals surface area contributed by atoms with Crippen LogP contribution in [0.2, 0.25) is 0 Å². The second-order valence-corrected chi connectivity index (χ2v) is 7.88. The highest BCUT2D eigenvalue weighted by Crippen LogP contribution is 2.38. The molecule has 0 amide bonds. The van der Waals surface area contributed by atoms with Gasteiger partial charge in [-0.1, -0.05) is 11.8 Å². The molecule has 4 rings (SSSR count). The van der Waals surface area contributed by atoms with Crippen molar-refractivity contribution in [3.63, 3.8) is 0 Å². The Balaban J connectivity index is 1.77. The number of imidazole rings is 1. The van der Waals surface area contributed by atoms with Crippen LogP contribution in [0.5, 0.6) is 5.75 Å². The molecule has 9 heteroatoms. The third-order valence-corrected chi connectivity index (χ3v) is 6.37. The van der Waals surface area contributed by atoms with E-state index >= 15 is 0 Å². The minimum atomic E-state index is 0.399. The molecule has 0 saturated heterocycles. The molecule has 1 aliphatic heterocycles. The first kappa shape index (κ1) is 16.9. The molecule has 0 aliphatic carbocycles. The van der Waals surface area contributed by atoms with Gasteiger partial charge >= 0.3 is 0 Å². The fourth-order valence-corrected chi connectivity index (χ4v) is 4.57. The third-order valence-electron chi connectivity index (χ3n) is 4.06. The lowest BCUT2D eigenvalue weighted by atomic mass is 10.2. The Morgan fingerprint density at radius 2 is 2.20 bits per heavy atom. The number of hydrogen-bond donors (Lipinski definition) is 2. The summed E-state index contributed by atoms with van der Waals surface area (Å²) >= 11 is 3.95. The molecule has 3 heterocycles. The number of anilines is 1. The second kappa shape index (κ2) is 6.96. The van der Waals surface area contributed by atoms with Crippen molar-refractivity contribution in [3.05, 3.63) is 27.6 Å². The molecule has 2 aromatic heterocycles. The van der Waals surface area contributed by atoms with Crippen LogP contribution in [0.25, 0.3) is 11.2 Å². The van der Waals surface area contributed by atoms with Crippen molar-refractivity contribution in [2.75, 3.05) is 18.9 Å². The summed E-state index contributed by atoms with van der Waals surface area (Å²) in [5.41, 5.74) is 14.3. The summed E-state index contributed by atoms with van der Waals surface area (Å²) in [6.07, 6.45) is 3.27. The van der Waals surface area contributed by atoms with Crippen LogP contribution < -0.4 is 16.2 Å². The van der Waals surface area contributed by atoms with Gasteiger partial charge < -0.3 is 20.8 Å². The zero-order chi connectivity index (χ0) is 17.4. The number of nitrogens with two attached hydrogens (primary N) is 2. The molecule has 0 fully saturated rings. The lowest BCUT2D eigenvalue weighted by Gasteiger charge is -2.09. The summed E-state index contributed by atoms with van der Waals surface area (Å²) < 4.78 is 8.85. The molecular formula is C16H17IN6OS. The maximum atomic E-state index is 5.99. The summed E-state index contributed by atoms with van der Waals surface area (Å²) in [7, 11) is 0. The molecule has 3 aromatic rings. The smallest absolute Gasteiger partial charge is 0.175 e. The number of halogens is 1. The van der Waals surface area contributed by atoms with E-state index in [2.05, 4.69) is 49.3 Å². The zero-order valence-electron chi connectivity index (χ0n) is 13.4. The van der Waals surface area contributed by atoms with Gasteiger partial charge in [0.25, 0.3) is 0 Å². The second-order valence-electron chi connectivity index (χ2n) is 5.71. The summed E-state index contributed by atoms with van der Waals surface area (Å²) in [6.45, 7) is 2.11. The van der Waals surface area contributed by atoms with E-state index in [1.807, 2.05) is 0 Å². The van der Waals surface area contributed by atoms with Crippen molar-refractivity contribution in [3.8, 4) is 5.75 Å². The van der Waals surface area contributed by atoms with E-state index < -0.39 is 0 Å². The number of rotatable bonds is 5. The van der Waals surface area contributed by atoms with E-state index in [0.29, 0.717) is 17.9 Å². The van der Waals surface area contributed by atoms with Gasteiger partial charge in [0.15, 0.2) is 22.1 Å². The molecule has 0 saturated carbocycles. The van der Waals surface area contributed by atoms with Gasteiger partial charge in [-0.3, -0.25) is 0 Å². The average molecular weight is 468 g/mol. The predicted molar refractivity (Wildman–Crippen MR) is 106 cm³/mol. The Kier molecular flexibility index (Phi) is 4.69. The van der Waals surface area contributed by atoms with Crippen molar-refractivity contribution in [2.45, 2.75) is 29.4 Å². The van der Waals surface area contributed by atoms with E-state index in [0.717, 1.165) is 51.0 Å². The first-order valence-electron chi connectivity index (χ1n) is 7.97. The summed E-state index contributed by atoms with van der Waals surface area (Å²) in [5, 5.41) is 0.854. The number of nitrogen functional groups attached to an aromatic ring is 1. The monoisotopic (exact) mass is 468 g/mol. The van der Waals surface area contributed by atoms with Crippen molar-refractivity contribution < 1.29 is 4.74 Å². The first-order valence-corrected chi connectivity index (χ1v) is 9.86. The summed E-state index contributed by atoms with van der Waals surface area (Å²) in [4.78, 5) is 14.3. The number of ether oxygens (including phenoxy) is 1. The SMILES string of the molecule is NCCCn1c(Sc2cc3c(cc2I)OCC3)nc2c(N)ncnc21. The molecule has 0 radical (unpaired) electrons. The number of hydrogen-bond acceptors (Lipinski definition) is 7. The maximum absolute atomic E-state index is 5.99. The highest BCUT2D eigenvalue weighted by atomic mass is 127. The van der Waals surface area contributed by atoms with Crippen LogP contribution in [0.3, 0.4) is 0 Å². The highest BCUT2D eigenvalue weighted by Gasteiger charge is 2.19. The summed E-state index contributed by atoms with van der Waals surface area (Å²) in [6, 6.07) is 4.28. The van der Waals surface area contributed by atoms with Crippen LogP contribution in [0.4, 0.5) is 5.82 Å². The molecule has 0 unspecified atom stereocenters. The van der Waals surface area contributed by atoms with Gasteiger partial charge in [0.1, 0.15) is 12.1 Å². The number of nitrogens with zero attached hydrogens (tertiary/aromatic N) is 4. The van der Waals surface area contributed by atoms with Crippen LogP contribution in [-0.4, -0.2) is 32.7 Å². The number of aromatic nitrogens is 4. The van der Waals surface area contributed by atoms with E-state index in [1.165, 1.54) is 11.9 Å². The van der Waals surface area contributed by atoms with Crippen LogP contribution in [0.1, 0.15) is 12.0 Å².